The van der Waals surface area contributed by atoms with Crippen LogP contribution in [0.3, 0.4) is 0 Å². The van der Waals surface area contributed by atoms with Crippen LogP contribution in [0.25, 0.3) is 0 Å². The number of rotatable bonds is 6. The molecule has 0 spiro atoms. The normalized spacial score (nSPS) is 11.8. The van der Waals surface area contributed by atoms with Crippen LogP contribution in [0, 0.1) is 0 Å². The molecule has 1 N–H and O–H groups in total. The van der Waals surface area contributed by atoms with Gasteiger partial charge in [0.1, 0.15) is 5.88 Å². The number of alkyl halides is 1. The predicted molar refractivity (Wildman–Crippen MR) is 41.9 cm³/mol. The lowest BCUT2D eigenvalue weighted by atomic mass is 10.1. The molecule has 0 aromatic rings. The number of halogens is 1. The second-order valence-corrected chi connectivity index (χ2v) is 2.75. The van der Waals surface area contributed by atoms with Gasteiger partial charge in [0.2, 0.25) is 5.91 Å². The molecule has 1 amide bonds. The summed E-state index contributed by atoms with van der Waals surface area (Å²) in [4.78, 5) is 31.1. The zero-order valence-electron chi connectivity index (χ0n) is 7.12. The van der Waals surface area contributed by atoms with Gasteiger partial charge in [-0.15, -0.1) is 11.6 Å². The first-order chi connectivity index (χ1) is 6.47. The number of carboxylic acid groups (broad SMARTS) is 2. The lowest BCUT2D eigenvalue weighted by molar-refractivity contribution is -0.310. The van der Waals surface area contributed by atoms with E-state index >= 15 is 0 Å². The van der Waals surface area contributed by atoms with Crippen molar-refractivity contribution in [3.05, 3.63) is 0 Å². The number of carbonyl (C=O) groups excluding carboxylic acids is 3. The van der Waals surface area contributed by atoms with Gasteiger partial charge in [-0.3, -0.25) is 4.79 Å². The predicted octanol–water partition coefficient (Wildman–Crippen LogP) is -3.01. The Bertz CT molecular complexity index is 242. The molecular formula is C7H8ClNO5-2. The molecule has 1 unspecified atom stereocenters. The molecule has 0 aromatic heterocycles. The maximum Gasteiger partial charge on any atom is 0.235 e. The first-order valence-corrected chi connectivity index (χ1v) is 4.27. The molecule has 0 saturated heterocycles. The van der Waals surface area contributed by atoms with Crippen molar-refractivity contribution in [1.82, 2.24) is 5.32 Å². The van der Waals surface area contributed by atoms with Gasteiger partial charge in [0.25, 0.3) is 0 Å². The summed E-state index contributed by atoms with van der Waals surface area (Å²) in [6.45, 7) is 0. The first-order valence-electron chi connectivity index (χ1n) is 3.73. The van der Waals surface area contributed by atoms with E-state index < -0.39 is 36.2 Å². The second-order valence-electron chi connectivity index (χ2n) is 2.48. The van der Waals surface area contributed by atoms with Crippen LogP contribution in [-0.2, 0) is 14.4 Å². The highest BCUT2D eigenvalue weighted by Gasteiger charge is 2.12. The van der Waals surface area contributed by atoms with Crippen molar-refractivity contribution in [1.29, 1.82) is 0 Å². The molecule has 14 heavy (non-hydrogen) atoms. The zero-order valence-corrected chi connectivity index (χ0v) is 7.87. The van der Waals surface area contributed by atoms with Crippen LogP contribution in [0.2, 0.25) is 0 Å². The molecule has 1 atom stereocenters. The lowest BCUT2D eigenvalue weighted by Gasteiger charge is -2.19. The summed E-state index contributed by atoms with van der Waals surface area (Å²) >= 11 is 5.11. The zero-order chi connectivity index (χ0) is 11.1. The minimum absolute atomic E-state index is 0.284. The van der Waals surface area contributed by atoms with Crippen LogP contribution in [0.15, 0.2) is 0 Å². The third kappa shape index (κ3) is 5.36. The summed E-state index contributed by atoms with van der Waals surface area (Å²) in [5, 5.41) is 22.4. The molecule has 0 aliphatic carbocycles. The summed E-state index contributed by atoms with van der Waals surface area (Å²) in [5.74, 6) is -4.03. The molecule has 0 saturated carbocycles. The summed E-state index contributed by atoms with van der Waals surface area (Å²) in [7, 11) is 0. The summed E-state index contributed by atoms with van der Waals surface area (Å²) in [6, 6.07) is -1.35. The number of hydrogen-bond acceptors (Lipinski definition) is 5. The van der Waals surface area contributed by atoms with Crippen molar-refractivity contribution in [3.63, 3.8) is 0 Å². The minimum atomic E-state index is -1.55. The number of carboxylic acids is 2. The fraction of sp³-hybridized carbons (Fsp3) is 0.571. The summed E-state index contributed by atoms with van der Waals surface area (Å²) < 4.78 is 0. The Morgan fingerprint density at radius 1 is 1.29 bits per heavy atom. The molecule has 0 aliphatic rings. The van der Waals surface area contributed by atoms with Crippen molar-refractivity contribution in [3.8, 4) is 0 Å². The number of hydrogen-bond donors (Lipinski definition) is 1. The topological polar surface area (TPSA) is 109 Å². The van der Waals surface area contributed by atoms with E-state index in [9.17, 15) is 24.6 Å². The van der Waals surface area contributed by atoms with Crippen LogP contribution in [0.1, 0.15) is 12.8 Å². The Morgan fingerprint density at radius 2 is 1.86 bits per heavy atom. The van der Waals surface area contributed by atoms with Gasteiger partial charge in [0.15, 0.2) is 0 Å². The van der Waals surface area contributed by atoms with Gasteiger partial charge in [-0.1, -0.05) is 0 Å². The van der Waals surface area contributed by atoms with Gasteiger partial charge >= 0.3 is 0 Å². The number of carbonyl (C=O) groups is 3. The quantitative estimate of drug-likeness (QED) is 0.481. The average Bonchev–Trinajstić information content (AvgIpc) is 2.10. The standard InChI is InChI=1S/C7H10ClNO5/c8-3-5(10)9-4(7(13)14)1-2-6(11)12/h4H,1-3H2,(H,9,10)(H,11,12)(H,13,14)/p-2. The Balaban J connectivity index is 4.09. The van der Waals surface area contributed by atoms with E-state index in [1.165, 1.54) is 0 Å². The van der Waals surface area contributed by atoms with Crippen molar-refractivity contribution in [2.45, 2.75) is 18.9 Å². The molecule has 0 aliphatic heterocycles. The van der Waals surface area contributed by atoms with Gasteiger partial charge in [-0.2, -0.15) is 0 Å². The third-order valence-electron chi connectivity index (χ3n) is 1.38. The van der Waals surface area contributed by atoms with Gasteiger partial charge in [-0.25, -0.2) is 0 Å². The van der Waals surface area contributed by atoms with E-state index in [4.69, 9.17) is 11.6 Å². The Hall–Kier alpha value is -1.30. The minimum Gasteiger partial charge on any atom is -0.550 e. The van der Waals surface area contributed by atoms with Gasteiger partial charge in [-0.05, 0) is 12.8 Å². The molecule has 0 aromatic carbocycles. The van der Waals surface area contributed by atoms with Crippen LogP contribution in [0.5, 0.6) is 0 Å². The summed E-state index contributed by atoms with van der Waals surface area (Å²) in [6.07, 6.45) is -0.755. The molecule has 6 nitrogen and oxygen atoms in total. The number of amides is 1. The van der Waals surface area contributed by atoms with Crippen molar-refractivity contribution < 1.29 is 24.6 Å². The molecule has 80 valence electrons. The second kappa shape index (κ2) is 6.20. The van der Waals surface area contributed by atoms with E-state index in [1.807, 2.05) is 5.32 Å². The van der Waals surface area contributed by atoms with Crippen molar-refractivity contribution in [2.24, 2.45) is 0 Å². The first kappa shape index (κ1) is 12.7. The SMILES string of the molecule is O=C([O-])CCC(NC(=O)CCl)C(=O)[O-]. The van der Waals surface area contributed by atoms with E-state index in [1.54, 1.807) is 0 Å². The monoisotopic (exact) mass is 221 g/mol. The maximum absolute atomic E-state index is 10.7. The Labute approximate surface area is 84.9 Å². The van der Waals surface area contributed by atoms with Crippen molar-refractivity contribution >= 4 is 29.4 Å². The van der Waals surface area contributed by atoms with E-state index in [0.717, 1.165) is 0 Å². The average molecular weight is 222 g/mol. The lowest BCUT2D eigenvalue weighted by Crippen LogP contribution is -2.48. The smallest absolute Gasteiger partial charge is 0.235 e. The molecule has 0 rings (SSSR count). The van der Waals surface area contributed by atoms with Gasteiger partial charge < -0.3 is 25.1 Å². The highest BCUT2D eigenvalue weighted by molar-refractivity contribution is 6.27. The van der Waals surface area contributed by atoms with E-state index in [0.29, 0.717) is 0 Å². The van der Waals surface area contributed by atoms with Crippen molar-refractivity contribution in [2.75, 3.05) is 5.88 Å². The van der Waals surface area contributed by atoms with Crippen LogP contribution < -0.4 is 15.5 Å². The molecule has 0 radical (unpaired) electrons. The number of aliphatic carboxylic acids is 2. The third-order valence-corrected chi connectivity index (χ3v) is 1.62. The number of nitrogens with one attached hydrogen (secondary N) is 1. The van der Waals surface area contributed by atoms with Gasteiger partial charge in [0, 0.05) is 5.97 Å². The largest absolute Gasteiger partial charge is 0.550 e. The fourth-order valence-electron chi connectivity index (χ4n) is 0.744. The molecule has 0 heterocycles. The molecule has 7 heteroatoms. The Kier molecular flexibility index (Phi) is 5.62. The van der Waals surface area contributed by atoms with Crippen LogP contribution >= 0.6 is 11.6 Å². The highest BCUT2D eigenvalue weighted by Crippen LogP contribution is 1.96. The molecule has 0 bridgehead atoms. The maximum atomic E-state index is 10.7. The molecular weight excluding hydrogens is 214 g/mol. The van der Waals surface area contributed by atoms with E-state index in [2.05, 4.69) is 0 Å². The summed E-state index contributed by atoms with van der Waals surface area (Å²) in [5.41, 5.74) is 0. The van der Waals surface area contributed by atoms with Gasteiger partial charge in [0.05, 0.1) is 12.0 Å². The van der Waals surface area contributed by atoms with E-state index in [-0.39, 0.29) is 6.42 Å². The Morgan fingerprint density at radius 3 is 2.21 bits per heavy atom. The van der Waals surface area contributed by atoms with Crippen LogP contribution in [-0.4, -0.2) is 29.8 Å². The fourth-order valence-corrected chi connectivity index (χ4v) is 0.821. The van der Waals surface area contributed by atoms with Crippen LogP contribution in [0.4, 0.5) is 0 Å². The molecule has 0 fully saturated rings. The highest BCUT2D eigenvalue weighted by atomic mass is 35.5.